The van der Waals surface area contributed by atoms with Gasteiger partial charge in [-0.05, 0) is 24.3 Å². The van der Waals surface area contributed by atoms with Crippen LogP contribution in [0.5, 0.6) is 11.5 Å². The molecule has 0 bridgehead atoms. The van der Waals surface area contributed by atoms with Crippen molar-refractivity contribution in [2.75, 3.05) is 44.8 Å². The first-order valence-electron chi connectivity index (χ1n) is 8.78. The Morgan fingerprint density at radius 2 is 1.74 bits per heavy atom. The van der Waals surface area contributed by atoms with Gasteiger partial charge < -0.3 is 19.5 Å². The summed E-state index contributed by atoms with van der Waals surface area (Å²) in [6, 6.07) is 15.3. The van der Waals surface area contributed by atoms with E-state index < -0.39 is 5.97 Å². The summed E-state index contributed by atoms with van der Waals surface area (Å²) >= 11 is 0. The highest BCUT2D eigenvalue weighted by Crippen LogP contribution is 2.28. The third kappa shape index (κ3) is 4.91. The van der Waals surface area contributed by atoms with Crippen molar-refractivity contribution in [3.63, 3.8) is 0 Å². The van der Waals surface area contributed by atoms with Gasteiger partial charge in [-0.2, -0.15) is 5.10 Å². The summed E-state index contributed by atoms with van der Waals surface area (Å²) in [7, 11) is 1.68. The maximum Gasteiger partial charge on any atom is 0.341 e. The molecule has 2 aromatic carbocycles. The second-order valence-electron chi connectivity index (χ2n) is 6.08. The van der Waals surface area contributed by atoms with E-state index in [9.17, 15) is 4.79 Å². The van der Waals surface area contributed by atoms with Gasteiger partial charge >= 0.3 is 5.97 Å². The van der Waals surface area contributed by atoms with E-state index in [1.54, 1.807) is 25.5 Å². The zero-order chi connectivity index (χ0) is 19.1. The molecule has 27 heavy (non-hydrogen) atoms. The van der Waals surface area contributed by atoms with E-state index in [1.807, 2.05) is 35.3 Å². The summed E-state index contributed by atoms with van der Waals surface area (Å²) in [4.78, 5) is 13.0. The minimum absolute atomic E-state index is 0.373. The predicted octanol–water partition coefficient (Wildman–Crippen LogP) is 2.31. The number of para-hydroxylation sites is 3. The zero-order valence-electron chi connectivity index (χ0n) is 15.2. The zero-order valence-corrected chi connectivity index (χ0v) is 15.2. The molecule has 0 atom stereocenters. The molecule has 0 saturated carbocycles. The molecule has 0 radical (unpaired) electrons. The van der Waals surface area contributed by atoms with Gasteiger partial charge in [0, 0.05) is 18.7 Å². The number of carboxylic acids is 1. The van der Waals surface area contributed by atoms with Crippen LogP contribution in [0.2, 0.25) is 0 Å². The van der Waals surface area contributed by atoms with E-state index in [1.165, 1.54) is 0 Å². The fourth-order valence-electron chi connectivity index (χ4n) is 2.95. The number of benzene rings is 2. The summed E-state index contributed by atoms with van der Waals surface area (Å²) in [6.07, 6.45) is 1.72. The fourth-order valence-corrected chi connectivity index (χ4v) is 2.95. The Hall–Kier alpha value is -3.22. The van der Waals surface area contributed by atoms with Crippen molar-refractivity contribution in [3.05, 3.63) is 54.1 Å². The van der Waals surface area contributed by atoms with Crippen LogP contribution in [0.15, 0.2) is 53.6 Å². The SMILES string of the molecule is COc1ccccc1N1CCN(/N=C\c2ccccc2OCC(=O)O)CC1. The molecule has 0 aromatic heterocycles. The van der Waals surface area contributed by atoms with Crippen molar-refractivity contribution in [3.8, 4) is 11.5 Å². The first kappa shape index (κ1) is 18.6. The van der Waals surface area contributed by atoms with Crippen LogP contribution in [0.25, 0.3) is 0 Å². The monoisotopic (exact) mass is 369 g/mol. The van der Waals surface area contributed by atoms with E-state index in [4.69, 9.17) is 14.6 Å². The minimum Gasteiger partial charge on any atom is -0.495 e. The van der Waals surface area contributed by atoms with E-state index in [0.29, 0.717) is 5.75 Å². The molecule has 0 aliphatic carbocycles. The standard InChI is InChI=1S/C20H23N3O4/c1-26-19-9-5-3-7-17(19)22-10-12-23(13-11-22)21-14-16-6-2-4-8-18(16)27-15-20(24)25/h2-9,14H,10-13,15H2,1H3,(H,24,25)/b21-14-. The fraction of sp³-hybridized carbons (Fsp3) is 0.300. The number of aliphatic carboxylic acids is 1. The lowest BCUT2D eigenvalue weighted by Gasteiger charge is -2.35. The number of anilines is 1. The summed E-state index contributed by atoms with van der Waals surface area (Å²) in [5.41, 5.74) is 1.85. The van der Waals surface area contributed by atoms with Crippen molar-refractivity contribution in [1.82, 2.24) is 5.01 Å². The van der Waals surface area contributed by atoms with Gasteiger partial charge in [0.05, 0.1) is 32.1 Å². The number of nitrogens with zero attached hydrogens (tertiary/aromatic N) is 3. The van der Waals surface area contributed by atoms with Crippen LogP contribution in [-0.4, -0.2) is 62.2 Å². The Balaban J connectivity index is 1.60. The highest BCUT2D eigenvalue weighted by atomic mass is 16.5. The molecule has 3 rings (SSSR count). The summed E-state index contributed by atoms with van der Waals surface area (Å²) in [5.74, 6) is 0.379. The van der Waals surface area contributed by atoms with Crippen LogP contribution in [0.3, 0.4) is 0 Å². The molecule has 1 aliphatic heterocycles. The number of carboxylic acid groups (broad SMARTS) is 1. The molecule has 0 spiro atoms. The van der Waals surface area contributed by atoms with Gasteiger partial charge in [-0.25, -0.2) is 4.79 Å². The lowest BCUT2D eigenvalue weighted by molar-refractivity contribution is -0.139. The molecule has 7 nitrogen and oxygen atoms in total. The topological polar surface area (TPSA) is 74.6 Å². The lowest BCUT2D eigenvalue weighted by atomic mass is 10.2. The Morgan fingerprint density at radius 1 is 1.07 bits per heavy atom. The molecule has 142 valence electrons. The molecule has 7 heteroatoms. The molecular weight excluding hydrogens is 346 g/mol. The first-order valence-corrected chi connectivity index (χ1v) is 8.78. The number of ether oxygens (including phenoxy) is 2. The third-order valence-corrected chi connectivity index (χ3v) is 4.31. The Bertz CT molecular complexity index is 801. The first-order chi connectivity index (χ1) is 13.2. The average Bonchev–Trinajstić information content (AvgIpc) is 2.71. The number of piperazine rings is 1. The number of hydrazone groups is 1. The van der Waals surface area contributed by atoms with Crippen LogP contribution in [0.4, 0.5) is 5.69 Å². The second-order valence-corrected chi connectivity index (χ2v) is 6.08. The second kappa shape index (κ2) is 8.93. The molecule has 1 saturated heterocycles. The molecule has 1 heterocycles. The van der Waals surface area contributed by atoms with Gasteiger partial charge in [-0.3, -0.25) is 5.01 Å². The van der Waals surface area contributed by atoms with Crippen molar-refractivity contribution in [2.45, 2.75) is 0 Å². The van der Waals surface area contributed by atoms with Crippen LogP contribution < -0.4 is 14.4 Å². The van der Waals surface area contributed by atoms with E-state index in [2.05, 4.69) is 16.1 Å². The third-order valence-electron chi connectivity index (χ3n) is 4.31. The van der Waals surface area contributed by atoms with Crippen molar-refractivity contribution in [1.29, 1.82) is 0 Å². The van der Waals surface area contributed by atoms with Gasteiger partial charge in [0.2, 0.25) is 0 Å². The van der Waals surface area contributed by atoms with Gasteiger partial charge in [0.1, 0.15) is 11.5 Å². The molecular formula is C20H23N3O4. The molecule has 1 aliphatic rings. The van der Waals surface area contributed by atoms with Gasteiger partial charge in [-0.1, -0.05) is 24.3 Å². The van der Waals surface area contributed by atoms with E-state index in [-0.39, 0.29) is 6.61 Å². The number of hydrogen-bond acceptors (Lipinski definition) is 6. The Labute approximate surface area is 158 Å². The highest BCUT2D eigenvalue weighted by molar-refractivity contribution is 5.83. The molecule has 2 aromatic rings. The summed E-state index contributed by atoms with van der Waals surface area (Å²) in [5, 5.41) is 15.3. The Morgan fingerprint density at radius 3 is 2.44 bits per heavy atom. The minimum atomic E-state index is -1.01. The van der Waals surface area contributed by atoms with E-state index in [0.717, 1.165) is 43.2 Å². The van der Waals surface area contributed by atoms with Crippen molar-refractivity contribution < 1.29 is 19.4 Å². The summed E-state index contributed by atoms with van der Waals surface area (Å²) < 4.78 is 10.8. The van der Waals surface area contributed by atoms with Crippen LogP contribution in [0, 0.1) is 0 Å². The van der Waals surface area contributed by atoms with Gasteiger partial charge in [0.25, 0.3) is 0 Å². The van der Waals surface area contributed by atoms with Crippen LogP contribution in [-0.2, 0) is 4.79 Å². The summed E-state index contributed by atoms with van der Waals surface area (Å²) in [6.45, 7) is 2.88. The largest absolute Gasteiger partial charge is 0.495 e. The van der Waals surface area contributed by atoms with E-state index >= 15 is 0 Å². The molecule has 1 fully saturated rings. The maximum absolute atomic E-state index is 10.7. The number of rotatable bonds is 7. The molecule has 0 unspecified atom stereocenters. The number of hydrogen-bond donors (Lipinski definition) is 1. The van der Waals surface area contributed by atoms with Crippen molar-refractivity contribution >= 4 is 17.9 Å². The molecule has 0 amide bonds. The Kier molecular flexibility index (Phi) is 6.14. The van der Waals surface area contributed by atoms with Crippen LogP contribution >= 0.6 is 0 Å². The number of carbonyl (C=O) groups is 1. The highest BCUT2D eigenvalue weighted by Gasteiger charge is 2.18. The normalized spacial score (nSPS) is 14.4. The van der Waals surface area contributed by atoms with Crippen molar-refractivity contribution in [2.24, 2.45) is 5.10 Å². The lowest BCUT2D eigenvalue weighted by Crippen LogP contribution is -2.44. The van der Waals surface area contributed by atoms with Gasteiger partial charge in [-0.15, -0.1) is 0 Å². The molecule has 1 N–H and O–H groups in total. The van der Waals surface area contributed by atoms with Crippen LogP contribution in [0.1, 0.15) is 5.56 Å². The maximum atomic E-state index is 10.7. The van der Waals surface area contributed by atoms with Gasteiger partial charge in [0.15, 0.2) is 6.61 Å². The predicted molar refractivity (Wildman–Crippen MR) is 104 cm³/mol. The smallest absolute Gasteiger partial charge is 0.341 e. The number of methoxy groups -OCH3 is 1. The average molecular weight is 369 g/mol. The quantitative estimate of drug-likeness (QED) is 0.755.